The molecule has 4 nitrogen and oxygen atoms in total. The number of sulfonamides is 1. The molecule has 1 saturated carbocycles. The lowest BCUT2D eigenvalue weighted by Crippen LogP contribution is -2.29. The Hall–Kier alpha value is -1.38. The van der Waals surface area contributed by atoms with Crippen molar-refractivity contribution in [2.45, 2.75) is 24.6 Å². The highest BCUT2D eigenvalue weighted by Gasteiger charge is 2.38. The molecule has 1 aromatic rings. The summed E-state index contributed by atoms with van der Waals surface area (Å²) in [6.07, 6.45) is 1.54. The molecule has 2 rings (SSSR count). The van der Waals surface area contributed by atoms with Crippen molar-refractivity contribution in [3.05, 3.63) is 35.4 Å². The maximum Gasteiger partial charge on any atom is 0.217 e. The van der Waals surface area contributed by atoms with Gasteiger partial charge in [-0.1, -0.05) is 12.1 Å². The van der Waals surface area contributed by atoms with Crippen LogP contribution in [0, 0.1) is 11.3 Å². The summed E-state index contributed by atoms with van der Waals surface area (Å²) in [5.41, 5.74) is 1.40. The van der Waals surface area contributed by atoms with Crippen LogP contribution in [0.2, 0.25) is 0 Å². The van der Waals surface area contributed by atoms with Crippen LogP contribution in [0.25, 0.3) is 0 Å². The maximum absolute atomic E-state index is 11.9. The zero-order chi connectivity index (χ0) is 12.5. The van der Waals surface area contributed by atoms with E-state index in [1.54, 1.807) is 25.2 Å². The van der Waals surface area contributed by atoms with Crippen molar-refractivity contribution in [1.82, 2.24) is 4.31 Å². The third-order valence-electron chi connectivity index (χ3n) is 2.84. The molecule has 0 aromatic heterocycles. The lowest BCUT2D eigenvalue weighted by atomic mass is 10.1. The minimum Gasteiger partial charge on any atom is -0.212 e. The van der Waals surface area contributed by atoms with Gasteiger partial charge in [0.25, 0.3) is 0 Å². The van der Waals surface area contributed by atoms with E-state index >= 15 is 0 Å². The highest BCUT2D eigenvalue weighted by Crippen LogP contribution is 2.30. The molecule has 0 saturated heterocycles. The Balaban J connectivity index is 2.13. The van der Waals surface area contributed by atoms with Gasteiger partial charge in [0.15, 0.2) is 0 Å². The van der Waals surface area contributed by atoms with E-state index < -0.39 is 10.0 Å². The standard InChI is InChI=1S/C12H14N2O2S/c1-14(17(15,16)12-5-6-12)9-11-4-2-3-10(7-11)8-13/h2-4,7,12H,5-6,9H2,1H3. The molecule has 0 N–H and O–H groups in total. The lowest BCUT2D eigenvalue weighted by Gasteiger charge is -2.16. The molecule has 0 aliphatic heterocycles. The molecule has 0 heterocycles. The first-order valence-electron chi connectivity index (χ1n) is 5.48. The van der Waals surface area contributed by atoms with Gasteiger partial charge in [0.1, 0.15) is 0 Å². The SMILES string of the molecule is CN(Cc1cccc(C#N)c1)S(=O)(=O)C1CC1. The molecule has 0 amide bonds. The fourth-order valence-corrected chi connectivity index (χ4v) is 3.28. The average molecular weight is 250 g/mol. The van der Waals surface area contributed by atoms with Crippen molar-refractivity contribution in [3.63, 3.8) is 0 Å². The summed E-state index contributed by atoms with van der Waals surface area (Å²) in [4.78, 5) is 0. The van der Waals surface area contributed by atoms with Crippen molar-refractivity contribution in [2.75, 3.05) is 7.05 Å². The molecule has 1 aromatic carbocycles. The third kappa shape index (κ3) is 2.65. The largest absolute Gasteiger partial charge is 0.217 e. The van der Waals surface area contributed by atoms with Crippen LogP contribution in [0.3, 0.4) is 0 Å². The molecule has 1 fully saturated rings. The van der Waals surface area contributed by atoms with Crippen LogP contribution >= 0.6 is 0 Å². The molecule has 0 bridgehead atoms. The van der Waals surface area contributed by atoms with Gasteiger partial charge in [0.05, 0.1) is 16.9 Å². The predicted octanol–water partition coefficient (Wildman–Crippen LogP) is 1.48. The summed E-state index contributed by atoms with van der Waals surface area (Å²) in [5, 5.41) is 8.58. The molecular weight excluding hydrogens is 236 g/mol. The molecular formula is C12H14N2O2S. The minimum atomic E-state index is -3.13. The van der Waals surface area contributed by atoms with E-state index in [1.807, 2.05) is 12.1 Å². The third-order valence-corrected chi connectivity index (χ3v) is 5.15. The van der Waals surface area contributed by atoms with Crippen LogP contribution in [-0.4, -0.2) is 25.0 Å². The van der Waals surface area contributed by atoms with Crippen molar-refractivity contribution < 1.29 is 8.42 Å². The number of rotatable bonds is 4. The summed E-state index contributed by atoms with van der Waals surface area (Å²) in [7, 11) is -1.54. The highest BCUT2D eigenvalue weighted by molar-refractivity contribution is 7.90. The average Bonchev–Trinajstić information content (AvgIpc) is 3.13. The summed E-state index contributed by atoms with van der Waals surface area (Å²) < 4.78 is 25.2. The second-order valence-electron chi connectivity index (χ2n) is 4.31. The van der Waals surface area contributed by atoms with E-state index in [2.05, 4.69) is 0 Å². The van der Waals surface area contributed by atoms with E-state index in [0.717, 1.165) is 18.4 Å². The van der Waals surface area contributed by atoms with Crippen LogP contribution in [0.15, 0.2) is 24.3 Å². The molecule has 90 valence electrons. The second-order valence-corrected chi connectivity index (χ2v) is 6.63. The van der Waals surface area contributed by atoms with Gasteiger partial charge >= 0.3 is 0 Å². The van der Waals surface area contributed by atoms with Crippen molar-refractivity contribution in [3.8, 4) is 6.07 Å². The Morgan fingerprint density at radius 1 is 1.47 bits per heavy atom. The van der Waals surface area contributed by atoms with Crippen LogP contribution in [0.1, 0.15) is 24.0 Å². The Labute approximate surface area is 102 Å². The maximum atomic E-state index is 11.9. The summed E-state index contributed by atoms with van der Waals surface area (Å²) in [5.74, 6) is 0. The quantitative estimate of drug-likeness (QED) is 0.813. The van der Waals surface area contributed by atoms with E-state index in [4.69, 9.17) is 5.26 Å². The van der Waals surface area contributed by atoms with E-state index in [9.17, 15) is 8.42 Å². The molecule has 1 aliphatic carbocycles. The van der Waals surface area contributed by atoms with Crippen molar-refractivity contribution in [2.24, 2.45) is 0 Å². The molecule has 1 aliphatic rings. The van der Waals surface area contributed by atoms with Gasteiger partial charge < -0.3 is 0 Å². The lowest BCUT2D eigenvalue weighted by molar-refractivity contribution is 0.465. The Morgan fingerprint density at radius 2 is 2.18 bits per heavy atom. The van der Waals surface area contributed by atoms with Crippen LogP contribution in [0.4, 0.5) is 0 Å². The zero-order valence-electron chi connectivity index (χ0n) is 9.63. The van der Waals surface area contributed by atoms with Crippen LogP contribution < -0.4 is 0 Å². The summed E-state index contributed by atoms with van der Waals surface area (Å²) >= 11 is 0. The molecule has 17 heavy (non-hydrogen) atoms. The van der Waals surface area contributed by atoms with Gasteiger partial charge in [-0.25, -0.2) is 12.7 Å². The van der Waals surface area contributed by atoms with Gasteiger partial charge in [0.2, 0.25) is 10.0 Å². The van der Waals surface area contributed by atoms with Gasteiger partial charge in [0, 0.05) is 13.6 Å². The topological polar surface area (TPSA) is 61.2 Å². The number of nitrogens with zero attached hydrogens (tertiary/aromatic N) is 2. The van der Waals surface area contributed by atoms with E-state index in [0.29, 0.717) is 12.1 Å². The summed E-state index contributed by atoms with van der Waals surface area (Å²) in [6, 6.07) is 9.08. The van der Waals surface area contributed by atoms with Gasteiger partial charge in [-0.2, -0.15) is 5.26 Å². The fourth-order valence-electron chi connectivity index (χ4n) is 1.71. The van der Waals surface area contributed by atoms with Crippen molar-refractivity contribution >= 4 is 10.0 Å². The molecule has 0 spiro atoms. The smallest absolute Gasteiger partial charge is 0.212 e. The first-order valence-corrected chi connectivity index (χ1v) is 6.98. The summed E-state index contributed by atoms with van der Waals surface area (Å²) in [6.45, 7) is 0.328. The van der Waals surface area contributed by atoms with Gasteiger partial charge in [-0.3, -0.25) is 0 Å². The Morgan fingerprint density at radius 3 is 2.76 bits per heavy atom. The first-order chi connectivity index (χ1) is 8.04. The van der Waals surface area contributed by atoms with E-state index in [1.165, 1.54) is 4.31 Å². The minimum absolute atomic E-state index is 0.188. The van der Waals surface area contributed by atoms with E-state index in [-0.39, 0.29) is 5.25 Å². The molecule has 0 radical (unpaired) electrons. The van der Waals surface area contributed by atoms with Crippen LogP contribution in [0.5, 0.6) is 0 Å². The van der Waals surface area contributed by atoms with Gasteiger partial charge in [-0.05, 0) is 30.5 Å². The predicted molar refractivity (Wildman–Crippen MR) is 64.6 cm³/mol. The number of nitriles is 1. The highest BCUT2D eigenvalue weighted by atomic mass is 32.2. The zero-order valence-corrected chi connectivity index (χ0v) is 10.4. The Kier molecular flexibility index (Phi) is 3.18. The first kappa shape index (κ1) is 12.1. The fraction of sp³-hybridized carbons (Fsp3) is 0.417. The van der Waals surface area contributed by atoms with Crippen molar-refractivity contribution in [1.29, 1.82) is 5.26 Å². The number of hydrogen-bond acceptors (Lipinski definition) is 3. The van der Waals surface area contributed by atoms with Gasteiger partial charge in [-0.15, -0.1) is 0 Å². The Bertz CT molecular complexity index is 556. The molecule has 0 atom stereocenters. The molecule has 0 unspecified atom stereocenters. The normalized spacial score (nSPS) is 15.8. The molecule has 5 heteroatoms. The number of benzene rings is 1. The number of hydrogen-bond donors (Lipinski definition) is 0. The monoisotopic (exact) mass is 250 g/mol. The second kappa shape index (κ2) is 4.47. The van der Waals surface area contributed by atoms with Crippen LogP contribution in [-0.2, 0) is 16.6 Å².